The fraction of sp³-hybridized carbons (Fsp3) is 0.667. The van der Waals surface area contributed by atoms with Gasteiger partial charge in [-0.3, -0.25) is 0 Å². The van der Waals surface area contributed by atoms with Gasteiger partial charge in [-0.05, 0) is 54.3 Å². The van der Waals surface area contributed by atoms with Gasteiger partial charge >= 0.3 is 0 Å². The molecule has 0 radical (unpaired) electrons. The van der Waals surface area contributed by atoms with Gasteiger partial charge in [-0.2, -0.15) is 0 Å². The van der Waals surface area contributed by atoms with E-state index in [0.29, 0.717) is 18.4 Å². The molecule has 21 heavy (non-hydrogen) atoms. The molecule has 1 aromatic carbocycles. The minimum atomic E-state index is 0.162. The lowest BCUT2D eigenvalue weighted by molar-refractivity contribution is 0.217. The smallest absolute Gasteiger partial charge is 0.122 e. The number of nitrogens with two attached hydrogens (primary N) is 1. The molecule has 0 aliphatic carbocycles. The Balaban J connectivity index is 2.91. The summed E-state index contributed by atoms with van der Waals surface area (Å²) in [5, 5.41) is 9.31. The summed E-state index contributed by atoms with van der Waals surface area (Å²) < 4.78 is 5.85. The molecule has 0 spiro atoms. The molecular weight excluding hydrogens is 262 g/mol. The number of hydrogen-bond acceptors (Lipinski definition) is 3. The van der Waals surface area contributed by atoms with Crippen LogP contribution in [0.3, 0.4) is 0 Å². The molecule has 0 aromatic heterocycles. The quantitative estimate of drug-likeness (QED) is 0.730. The molecule has 1 aromatic rings. The standard InChI is InChI=1S/C18H31NO2/c1-5-8-21-18-7-6-16(10-17(18)13(2)3)14(4)9-15(11-19)12-20/h6-7,10,13-15,20H,5,8-9,11-12,19H2,1-4H3. The van der Waals surface area contributed by atoms with Crippen molar-refractivity contribution < 1.29 is 9.84 Å². The highest BCUT2D eigenvalue weighted by Gasteiger charge is 2.16. The minimum Gasteiger partial charge on any atom is -0.493 e. The highest BCUT2D eigenvalue weighted by Crippen LogP contribution is 2.32. The lowest BCUT2D eigenvalue weighted by Gasteiger charge is -2.21. The van der Waals surface area contributed by atoms with Crippen molar-refractivity contribution >= 4 is 0 Å². The van der Waals surface area contributed by atoms with E-state index in [4.69, 9.17) is 10.5 Å². The zero-order valence-electron chi connectivity index (χ0n) is 13.9. The minimum absolute atomic E-state index is 0.162. The largest absolute Gasteiger partial charge is 0.493 e. The molecule has 0 saturated heterocycles. The predicted octanol–water partition coefficient (Wildman–Crippen LogP) is 3.66. The van der Waals surface area contributed by atoms with Crippen LogP contribution in [0.25, 0.3) is 0 Å². The van der Waals surface area contributed by atoms with E-state index in [1.165, 1.54) is 11.1 Å². The van der Waals surface area contributed by atoms with Crippen molar-refractivity contribution in [1.82, 2.24) is 0 Å². The number of aliphatic hydroxyl groups is 1. The highest BCUT2D eigenvalue weighted by molar-refractivity contribution is 5.40. The first-order valence-electron chi connectivity index (χ1n) is 8.10. The Morgan fingerprint density at radius 2 is 1.95 bits per heavy atom. The van der Waals surface area contributed by atoms with Crippen molar-refractivity contribution in [2.45, 2.75) is 52.4 Å². The van der Waals surface area contributed by atoms with Crippen LogP contribution >= 0.6 is 0 Å². The van der Waals surface area contributed by atoms with Crippen LogP contribution in [0.15, 0.2) is 18.2 Å². The van der Waals surface area contributed by atoms with Gasteiger partial charge in [0.1, 0.15) is 5.75 Å². The molecule has 2 atom stereocenters. The summed E-state index contributed by atoms with van der Waals surface area (Å²) in [4.78, 5) is 0. The predicted molar refractivity (Wildman–Crippen MR) is 89.0 cm³/mol. The molecule has 0 heterocycles. The van der Waals surface area contributed by atoms with Crippen molar-refractivity contribution in [3.8, 4) is 5.75 Å². The van der Waals surface area contributed by atoms with Crippen molar-refractivity contribution in [1.29, 1.82) is 0 Å². The topological polar surface area (TPSA) is 55.5 Å². The molecule has 120 valence electrons. The van der Waals surface area contributed by atoms with Crippen LogP contribution in [0.2, 0.25) is 0 Å². The molecule has 0 fully saturated rings. The zero-order chi connectivity index (χ0) is 15.8. The Hall–Kier alpha value is -1.06. The van der Waals surface area contributed by atoms with Crippen molar-refractivity contribution in [2.75, 3.05) is 19.8 Å². The maximum atomic E-state index is 9.31. The van der Waals surface area contributed by atoms with E-state index in [0.717, 1.165) is 25.2 Å². The van der Waals surface area contributed by atoms with E-state index in [2.05, 4.69) is 45.9 Å². The molecule has 1 rings (SSSR count). The van der Waals surface area contributed by atoms with Crippen LogP contribution in [0.1, 0.15) is 63.5 Å². The fourth-order valence-corrected chi connectivity index (χ4v) is 2.55. The maximum Gasteiger partial charge on any atom is 0.122 e. The van der Waals surface area contributed by atoms with E-state index < -0.39 is 0 Å². The summed E-state index contributed by atoms with van der Waals surface area (Å²) >= 11 is 0. The average molecular weight is 293 g/mol. The zero-order valence-corrected chi connectivity index (χ0v) is 13.9. The number of rotatable bonds is 9. The number of ether oxygens (including phenoxy) is 1. The molecule has 2 unspecified atom stereocenters. The monoisotopic (exact) mass is 293 g/mol. The summed E-state index contributed by atoms with van der Waals surface area (Å²) in [5.41, 5.74) is 8.25. The van der Waals surface area contributed by atoms with E-state index in [9.17, 15) is 5.11 Å². The molecule has 3 nitrogen and oxygen atoms in total. The van der Waals surface area contributed by atoms with Gasteiger partial charge in [-0.15, -0.1) is 0 Å². The molecule has 3 N–H and O–H groups in total. The summed E-state index contributed by atoms with van der Waals surface area (Å²) in [5.74, 6) is 2.01. The van der Waals surface area contributed by atoms with Crippen molar-refractivity contribution in [3.05, 3.63) is 29.3 Å². The van der Waals surface area contributed by atoms with Crippen LogP contribution in [0, 0.1) is 5.92 Å². The fourth-order valence-electron chi connectivity index (χ4n) is 2.55. The van der Waals surface area contributed by atoms with Gasteiger partial charge in [0.05, 0.1) is 6.61 Å². The van der Waals surface area contributed by atoms with Gasteiger partial charge in [-0.25, -0.2) is 0 Å². The van der Waals surface area contributed by atoms with E-state index in [1.54, 1.807) is 0 Å². The Bertz CT molecular complexity index is 414. The van der Waals surface area contributed by atoms with Crippen molar-refractivity contribution in [3.63, 3.8) is 0 Å². The van der Waals surface area contributed by atoms with Crippen LogP contribution in [0.4, 0.5) is 0 Å². The Morgan fingerprint density at radius 3 is 2.48 bits per heavy atom. The van der Waals surface area contributed by atoms with Crippen molar-refractivity contribution in [2.24, 2.45) is 11.7 Å². The van der Waals surface area contributed by atoms with E-state index >= 15 is 0 Å². The number of benzene rings is 1. The molecule has 3 heteroatoms. The van der Waals surface area contributed by atoms with Gasteiger partial charge in [-0.1, -0.05) is 39.8 Å². The third kappa shape index (κ3) is 5.33. The van der Waals surface area contributed by atoms with Gasteiger partial charge in [0.25, 0.3) is 0 Å². The molecule has 0 aliphatic heterocycles. The lowest BCUT2D eigenvalue weighted by Crippen LogP contribution is -2.20. The SMILES string of the molecule is CCCOc1ccc(C(C)CC(CN)CO)cc1C(C)C. The van der Waals surface area contributed by atoms with E-state index in [-0.39, 0.29) is 12.5 Å². The lowest BCUT2D eigenvalue weighted by atomic mass is 9.88. The second-order valence-electron chi connectivity index (χ2n) is 6.22. The Kier molecular flexibility index (Phi) is 7.76. The van der Waals surface area contributed by atoms with Gasteiger partial charge in [0.2, 0.25) is 0 Å². The highest BCUT2D eigenvalue weighted by atomic mass is 16.5. The summed E-state index contributed by atoms with van der Waals surface area (Å²) in [7, 11) is 0. The van der Waals surface area contributed by atoms with Gasteiger partial charge < -0.3 is 15.6 Å². The second-order valence-corrected chi connectivity index (χ2v) is 6.22. The summed E-state index contributed by atoms with van der Waals surface area (Å²) in [6.45, 7) is 10.2. The Morgan fingerprint density at radius 1 is 1.24 bits per heavy atom. The number of aliphatic hydroxyl groups excluding tert-OH is 1. The van der Waals surface area contributed by atoms with E-state index in [1.807, 2.05) is 0 Å². The van der Waals surface area contributed by atoms with Crippen LogP contribution in [0.5, 0.6) is 5.75 Å². The van der Waals surface area contributed by atoms with Crippen LogP contribution < -0.4 is 10.5 Å². The first-order chi connectivity index (χ1) is 10.0. The molecular formula is C18H31NO2. The normalized spacial score (nSPS) is 14.2. The molecule has 0 saturated carbocycles. The second kappa shape index (κ2) is 9.06. The van der Waals surface area contributed by atoms with Gasteiger partial charge in [0.15, 0.2) is 0 Å². The maximum absolute atomic E-state index is 9.31. The number of hydrogen-bond donors (Lipinski definition) is 2. The van der Waals surface area contributed by atoms with Crippen LogP contribution in [-0.4, -0.2) is 24.9 Å². The first-order valence-corrected chi connectivity index (χ1v) is 8.10. The van der Waals surface area contributed by atoms with Crippen LogP contribution in [-0.2, 0) is 0 Å². The Labute approximate surface area is 129 Å². The average Bonchev–Trinajstić information content (AvgIpc) is 2.49. The molecule has 0 amide bonds. The first kappa shape index (κ1) is 18.0. The third-order valence-electron chi connectivity index (χ3n) is 3.96. The third-order valence-corrected chi connectivity index (χ3v) is 3.96. The molecule has 0 aliphatic rings. The summed E-state index contributed by atoms with van der Waals surface area (Å²) in [6.07, 6.45) is 1.93. The molecule has 0 bridgehead atoms. The van der Waals surface area contributed by atoms with Gasteiger partial charge in [0, 0.05) is 6.61 Å². The summed E-state index contributed by atoms with van der Waals surface area (Å²) in [6, 6.07) is 6.49.